The van der Waals surface area contributed by atoms with Gasteiger partial charge in [0.25, 0.3) is 0 Å². The molecule has 0 aliphatic carbocycles. The van der Waals surface area contributed by atoms with Crippen molar-refractivity contribution in [1.82, 2.24) is 0 Å². The van der Waals surface area contributed by atoms with Gasteiger partial charge in [0.15, 0.2) is 0 Å². The summed E-state index contributed by atoms with van der Waals surface area (Å²) < 4.78 is 11.2. The Hall–Kier alpha value is -1.47. The van der Waals surface area contributed by atoms with Gasteiger partial charge in [0.2, 0.25) is 0 Å². The number of hydrogen-bond donors (Lipinski definition) is 0. The number of allylic oxidation sites excluding steroid dienone is 1. The maximum absolute atomic E-state index is 11.8. The van der Waals surface area contributed by atoms with Crippen LogP contribution >= 0.6 is 0 Å². The average molecular weight is 308 g/mol. The predicted octanol–water partition coefficient (Wildman–Crippen LogP) is 5.03. The van der Waals surface area contributed by atoms with Crippen molar-refractivity contribution in [3.63, 3.8) is 0 Å². The maximum Gasteiger partial charge on any atom is 0.330 e. The van der Waals surface area contributed by atoms with Crippen molar-refractivity contribution < 1.29 is 14.3 Å². The summed E-state index contributed by atoms with van der Waals surface area (Å²) in [5.74, 6) is 0.742. The van der Waals surface area contributed by atoms with Crippen LogP contribution in [0.15, 0.2) is 30.2 Å². The predicted molar refractivity (Wildman–Crippen MR) is 91.4 cm³/mol. The minimum atomic E-state index is -0.492. The molecule has 0 aromatic rings. The molecule has 1 unspecified atom stereocenters. The van der Waals surface area contributed by atoms with Crippen LogP contribution in [0.4, 0.5) is 0 Å². The largest absolute Gasteiger partial charge is 0.484 e. The summed E-state index contributed by atoms with van der Waals surface area (Å²) in [6.45, 7) is 19.5. The molecule has 22 heavy (non-hydrogen) atoms. The van der Waals surface area contributed by atoms with Crippen molar-refractivity contribution in [3.8, 4) is 0 Å². The number of hydrogen-bond acceptors (Lipinski definition) is 3. The Balaban J connectivity index is 5.13. The van der Waals surface area contributed by atoms with E-state index in [0.717, 1.165) is 6.42 Å². The highest BCUT2D eigenvalue weighted by molar-refractivity contribution is 5.82. The Labute approximate surface area is 136 Å². The Morgan fingerprint density at radius 3 is 1.95 bits per heavy atom. The fraction of sp³-hybridized carbons (Fsp3) is 0.684. The van der Waals surface area contributed by atoms with Gasteiger partial charge < -0.3 is 9.47 Å². The summed E-state index contributed by atoms with van der Waals surface area (Å²) in [5, 5.41) is 0. The van der Waals surface area contributed by atoms with Crippen molar-refractivity contribution >= 4 is 5.97 Å². The Morgan fingerprint density at radius 2 is 1.59 bits per heavy atom. The lowest BCUT2D eigenvalue weighted by molar-refractivity contribution is -0.148. The molecule has 0 aromatic heterocycles. The zero-order valence-electron chi connectivity index (χ0n) is 15.4. The molecule has 3 nitrogen and oxygen atoms in total. The lowest BCUT2D eigenvalue weighted by Crippen LogP contribution is -2.23. The number of esters is 1. The Bertz CT molecular complexity index is 438. The molecule has 0 aliphatic rings. The minimum absolute atomic E-state index is 0.0377. The van der Waals surface area contributed by atoms with Gasteiger partial charge in [-0.05, 0) is 53.9 Å². The summed E-state index contributed by atoms with van der Waals surface area (Å²) in [6, 6.07) is 0. The van der Waals surface area contributed by atoms with Crippen LogP contribution in [-0.4, -0.2) is 17.2 Å². The zero-order valence-corrected chi connectivity index (χ0v) is 15.4. The lowest BCUT2D eigenvalue weighted by Gasteiger charge is -2.26. The van der Waals surface area contributed by atoms with Gasteiger partial charge in [-0.15, -0.1) is 0 Å². The minimum Gasteiger partial charge on any atom is -0.484 e. The van der Waals surface area contributed by atoms with Gasteiger partial charge in [0.1, 0.15) is 17.0 Å². The highest BCUT2D eigenvalue weighted by Gasteiger charge is 2.21. The van der Waals surface area contributed by atoms with E-state index in [9.17, 15) is 4.79 Å². The molecule has 0 saturated heterocycles. The molecule has 3 heteroatoms. The van der Waals surface area contributed by atoms with Crippen LogP contribution in [0.5, 0.6) is 0 Å². The van der Waals surface area contributed by atoms with E-state index in [2.05, 4.69) is 26.2 Å². The summed E-state index contributed by atoms with van der Waals surface area (Å²) in [7, 11) is 0. The van der Waals surface area contributed by atoms with E-state index in [0.29, 0.717) is 11.7 Å². The molecule has 0 amide bonds. The van der Waals surface area contributed by atoms with Gasteiger partial charge in [-0.1, -0.05) is 32.2 Å². The van der Waals surface area contributed by atoms with Crippen molar-refractivity contribution in [1.29, 1.82) is 0 Å². The third-order valence-corrected chi connectivity index (χ3v) is 2.52. The number of carbonyl (C=O) groups excluding carboxylic acids is 1. The van der Waals surface area contributed by atoms with Gasteiger partial charge in [0.05, 0.1) is 0 Å². The van der Waals surface area contributed by atoms with E-state index in [-0.39, 0.29) is 17.5 Å². The monoisotopic (exact) mass is 308 g/mol. The standard InChI is InChI=1S/C19H32O3/c1-10-16(21-18(4,5)6)15(13-14(2)3)11-12-17(20)22-19(7,8)9/h11-12,14-15H,1,13H2,2-9H3. The summed E-state index contributed by atoms with van der Waals surface area (Å²) >= 11 is 0. The van der Waals surface area contributed by atoms with Crippen LogP contribution < -0.4 is 0 Å². The molecule has 0 fully saturated rings. The molecule has 0 spiro atoms. The molecule has 0 aromatic carbocycles. The highest BCUT2D eigenvalue weighted by Crippen LogP contribution is 2.26. The number of ether oxygens (including phenoxy) is 2. The molecule has 0 saturated carbocycles. The zero-order chi connectivity index (χ0) is 17.6. The van der Waals surface area contributed by atoms with E-state index in [1.165, 1.54) is 6.08 Å². The fourth-order valence-electron chi connectivity index (χ4n) is 1.88. The topological polar surface area (TPSA) is 35.5 Å². The van der Waals surface area contributed by atoms with E-state index in [1.807, 2.05) is 47.6 Å². The quantitative estimate of drug-likeness (QED) is 0.299. The molecule has 1 atom stereocenters. The first-order valence-electron chi connectivity index (χ1n) is 7.84. The van der Waals surface area contributed by atoms with Crippen LogP contribution in [-0.2, 0) is 14.3 Å². The smallest absolute Gasteiger partial charge is 0.330 e. The van der Waals surface area contributed by atoms with Crippen LogP contribution in [0.3, 0.4) is 0 Å². The molecular weight excluding hydrogens is 276 g/mol. The molecule has 0 aliphatic heterocycles. The first-order valence-corrected chi connectivity index (χ1v) is 7.84. The van der Waals surface area contributed by atoms with Crippen LogP contribution in [0.25, 0.3) is 0 Å². The average Bonchev–Trinajstić information content (AvgIpc) is 2.27. The van der Waals surface area contributed by atoms with Gasteiger partial charge in [-0.25, -0.2) is 4.79 Å². The summed E-state index contributed by atoms with van der Waals surface area (Å²) in [5.41, 5.74) is 2.06. The van der Waals surface area contributed by atoms with Crippen molar-refractivity contribution in [2.75, 3.05) is 0 Å². The van der Waals surface area contributed by atoms with E-state index < -0.39 is 5.60 Å². The van der Waals surface area contributed by atoms with Crippen LogP contribution in [0.2, 0.25) is 0 Å². The van der Waals surface area contributed by atoms with Crippen molar-refractivity contribution in [2.45, 2.75) is 73.0 Å². The van der Waals surface area contributed by atoms with Crippen LogP contribution in [0, 0.1) is 11.8 Å². The second-order valence-electron chi connectivity index (χ2n) is 7.88. The maximum atomic E-state index is 11.8. The molecule has 0 radical (unpaired) electrons. The van der Waals surface area contributed by atoms with E-state index in [4.69, 9.17) is 9.47 Å². The highest BCUT2D eigenvalue weighted by atomic mass is 16.6. The van der Waals surface area contributed by atoms with Gasteiger partial charge in [-0.3, -0.25) is 0 Å². The normalized spacial score (nSPS) is 13.9. The third-order valence-electron chi connectivity index (χ3n) is 2.52. The molecule has 0 rings (SSSR count). The van der Waals surface area contributed by atoms with E-state index >= 15 is 0 Å². The first-order chi connectivity index (χ1) is 9.84. The summed E-state index contributed by atoms with van der Waals surface area (Å²) in [4.78, 5) is 11.8. The molecule has 126 valence electrons. The van der Waals surface area contributed by atoms with Crippen molar-refractivity contribution in [3.05, 3.63) is 30.2 Å². The molecular formula is C19H32O3. The Morgan fingerprint density at radius 1 is 1.09 bits per heavy atom. The molecule has 0 bridgehead atoms. The number of carbonyl (C=O) groups is 1. The van der Waals surface area contributed by atoms with Gasteiger partial charge in [0, 0.05) is 12.0 Å². The van der Waals surface area contributed by atoms with E-state index in [1.54, 1.807) is 0 Å². The second kappa shape index (κ2) is 8.24. The second-order valence-corrected chi connectivity index (χ2v) is 7.88. The fourth-order valence-corrected chi connectivity index (χ4v) is 1.88. The summed E-state index contributed by atoms with van der Waals surface area (Å²) in [6.07, 6.45) is 4.15. The lowest BCUT2D eigenvalue weighted by atomic mass is 9.94. The Kier molecular flexibility index (Phi) is 7.69. The first kappa shape index (κ1) is 20.5. The molecule has 0 N–H and O–H groups in total. The third kappa shape index (κ3) is 10.3. The van der Waals surface area contributed by atoms with Crippen molar-refractivity contribution in [2.24, 2.45) is 11.8 Å². The van der Waals surface area contributed by atoms with Gasteiger partial charge in [-0.2, -0.15) is 0 Å². The van der Waals surface area contributed by atoms with Gasteiger partial charge >= 0.3 is 5.97 Å². The SMILES string of the molecule is C=C=C(OC(C)(C)C)C(C=CC(=O)OC(C)(C)C)CC(C)C. The molecule has 0 heterocycles. The van der Waals surface area contributed by atoms with Crippen LogP contribution in [0.1, 0.15) is 61.8 Å². The number of rotatable bonds is 6.